The van der Waals surface area contributed by atoms with E-state index < -0.39 is 22.0 Å². The number of sulfonamides is 1. The van der Waals surface area contributed by atoms with Crippen molar-refractivity contribution in [1.82, 2.24) is 4.72 Å². The monoisotopic (exact) mass is 363 g/mol. The minimum absolute atomic E-state index is 0.0950. The molecule has 0 saturated heterocycles. The van der Waals surface area contributed by atoms with Gasteiger partial charge in [0.05, 0.1) is 12.0 Å². The molecule has 1 atom stereocenters. The number of carbonyl (C=O) groups is 1. The van der Waals surface area contributed by atoms with Crippen molar-refractivity contribution in [3.05, 3.63) is 28.2 Å². The van der Waals surface area contributed by atoms with E-state index in [1.54, 1.807) is 26.0 Å². The summed E-state index contributed by atoms with van der Waals surface area (Å²) in [6, 6.07) is 3.98. The van der Waals surface area contributed by atoms with Gasteiger partial charge in [-0.05, 0) is 46.5 Å². The van der Waals surface area contributed by atoms with Crippen molar-refractivity contribution in [3.63, 3.8) is 0 Å². The van der Waals surface area contributed by atoms with Crippen LogP contribution in [0, 0.1) is 12.8 Å². The first-order chi connectivity index (χ1) is 9.19. The summed E-state index contributed by atoms with van der Waals surface area (Å²) >= 11 is 3.23. The summed E-state index contributed by atoms with van der Waals surface area (Å²) in [6.45, 7) is 5.35. The zero-order valence-corrected chi connectivity index (χ0v) is 14.2. The number of halogens is 1. The molecule has 0 fully saturated rings. The van der Waals surface area contributed by atoms with E-state index in [-0.39, 0.29) is 10.8 Å². The Bertz CT molecular complexity index is 598. The van der Waals surface area contributed by atoms with Gasteiger partial charge < -0.3 is 4.74 Å². The lowest BCUT2D eigenvalue weighted by Crippen LogP contribution is -2.44. The quantitative estimate of drug-likeness (QED) is 0.814. The molecule has 112 valence electrons. The second-order valence-corrected chi connectivity index (χ2v) is 7.34. The molecule has 0 saturated carbocycles. The Morgan fingerprint density at radius 3 is 2.40 bits per heavy atom. The molecule has 0 bridgehead atoms. The summed E-state index contributed by atoms with van der Waals surface area (Å²) in [5.74, 6) is -0.826. The maximum atomic E-state index is 12.4. The number of benzene rings is 1. The van der Waals surface area contributed by atoms with Gasteiger partial charge in [0.1, 0.15) is 6.04 Å². The van der Waals surface area contributed by atoms with E-state index >= 15 is 0 Å². The number of methoxy groups -OCH3 is 1. The van der Waals surface area contributed by atoms with E-state index in [9.17, 15) is 13.2 Å². The van der Waals surface area contributed by atoms with E-state index in [0.29, 0.717) is 4.47 Å². The maximum absolute atomic E-state index is 12.4. The standard InChI is InChI=1S/C13H18BrNO4S/c1-8(2)12(13(16)19-4)15-20(17,18)11-6-5-9(3)7-10(11)14/h5-8,12,15H,1-4H3/t12-/m0/s1. The van der Waals surface area contributed by atoms with Gasteiger partial charge in [0.25, 0.3) is 0 Å². The Hall–Kier alpha value is -0.920. The first-order valence-electron chi connectivity index (χ1n) is 6.05. The highest BCUT2D eigenvalue weighted by Crippen LogP contribution is 2.23. The fraction of sp³-hybridized carbons (Fsp3) is 0.462. The van der Waals surface area contributed by atoms with Crippen LogP contribution in [0.5, 0.6) is 0 Å². The largest absolute Gasteiger partial charge is 0.468 e. The van der Waals surface area contributed by atoms with E-state index in [2.05, 4.69) is 25.4 Å². The van der Waals surface area contributed by atoms with Crippen LogP contribution in [0.1, 0.15) is 19.4 Å². The van der Waals surface area contributed by atoms with E-state index in [1.165, 1.54) is 13.2 Å². The molecular formula is C13H18BrNO4S. The summed E-state index contributed by atoms with van der Waals surface area (Å²) in [7, 11) is -2.57. The molecular weight excluding hydrogens is 346 g/mol. The zero-order chi connectivity index (χ0) is 15.5. The highest BCUT2D eigenvalue weighted by Gasteiger charge is 2.29. The average Bonchev–Trinajstić information content (AvgIpc) is 2.34. The van der Waals surface area contributed by atoms with E-state index in [4.69, 9.17) is 0 Å². The van der Waals surface area contributed by atoms with Gasteiger partial charge in [-0.25, -0.2) is 8.42 Å². The molecule has 0 unspecified atom stereocenters. The van der Waals surface area contributed by atoms with Gasteiger partial charge >= 0.3 is 5.97 Å². The van der Waals surface area contributed by atoms with Gasteiger partial charge in [0.2, 0.25) is 10.0 Å². The Morgan fingerprint density at radius 1 is 1.35 bits per heavy atom. The summed E-state index contributed by atoms with van der Waals surface area (Å²) in [5.41, 5.74) is 0.934. The highest BCUT2D eigenvalue weighted by molar-refractivity contribution is 9.10. The molecule has 20 heavy (non-hydrogen) atoms. The lowest BCUT2D eigenvalue weighted by molar-refractivity contribution is -0.143. The number of carbonyl (C=O) groups excluding carboxylic acids is 1. The molecule has 1 N–H and O–H groups in total. The summed E-state index contributed by atoms with van der Waals surface area (Å²) in [4.78, 5) is 11.7. The molecule has 0 amide bonds. The molecule has 0 aliphatic heterocycles. The smallest absolute Gasteiger partial charge is 0.324 e. The third-order valence-electron chi connectivity index (χ3n) is 2.78. The van der Waals surface area contributed by atoms with Crippen LogP contribution in [0.25, 0.3) is 0 Å². The summed E-state index contributed by atoms with van der Waals surface area (Å²) < 4.78 is 32.2. The second kappa shape index (κ2) is 6.69. The zero-order valence-electron chi connectivity index (χ0n) is 11.8. The Morgan fingerprint density at radius 2 is 1.95 bits per heavy atom. The molecule has 1 aromatic rings. The predicted molar refractivity (Wildman–Crippen MR) is 79.8 cm³/mol. The van der Waals surface area contributed by atoms with Crippen LogP contribution in [0.15, 0.2) is 27.6 Å². The summed E-state index contributed by atoms with van der Waals surface area (Å²) in [6.07, 6.45) is 0. The number of hydrogen-bond donors (Lipinski definition) is 1. The van der Waals surface area contributed by atoms with Crippen molar-refractivity contribution >= 4 is 31.9 Å². The van der Waals surface area contributed by atoms with Gasteiger partial charge in [-0.15, -0.1) is 0 Å². The Balaban J connectivity index is 3.13. The van der Waals surface area contributed by atoms with Crippen molar-refractivity contribution in [2.45, 2.75) is 31.7 Å². The minimum atomic E-state index is -3.80. The number of nitrogens with one attached hydrogen (secondary N) is 1. The highest BCUT2D eigenvalue weighted by atomic mass is 79.9. The number of aryl methyl sites for hydroxylation is 1. The van der Waals surface area contributed by atoms with Crippen LogP contribution >= 0.6 is 15.9 Å². The Kier molecular flexibility index (Phi) is 5.73. The van der Waals surface area contributed by atoms with Gasteiger partial charge in [-0.3, -0.25) is 4.79 Å². The van der Waals surface area contributed by atoms with Gasteiger partial charge in [-0.1, -0.05) is 19.9 Å². The molecule has 0 aliphatic carbocycles. The van der Waals surface area contributed by atoms with Crippen LogP contribution < -0.4 is 4.72 Å². The number of rotatable bonds is 5. The van der Waals surface area contributed by atoms with Crippen molar-refractivity contribution < 1.29 is 17.9 Å². The van der Waals surface area contributed by atoms with Crippen LogP contribution in [-0.4, -0.2) is 27.5 Å². The van der Waals surface area contributed by atoms with E-state index in [1.807, 2.05) is 6.92 Å². The molecule has 1 aromatic carbocycles. The third kappa shape index (κ3) is 4.04. The molecule has 0 aromatic heterocycles. The fourth-order valence-electron chi connectivity index (χ4n) is 1.64. The number of hydrogen-bond acceptors (Lipinski definition) is 4. The lowest BCUT2D eigenvalue weighted by atomic mass is 10.1. The first-order valence-corrected chi connectivity index (χ1v) is 8.33. The molecule has 0 aliphatic rings. The normalized spacial score (nSPS) is 13.3. The van der Waals surface area contributed by atoms with Gasteiger partial charge in [0.15, 0.2) is 0 Å². The summed E-state index contributed by atoms with van der Waals surface area (Å²) in [5, 5.41) is 0. The van der Waals surface area contributed by atoms with Crippen molar-refractivity contribution in [3.8, 4) is 0 Å². The maximum Gasteiger partial charge on any atom is 0.324 e. The van der Waals surface area contributed by atoms with Crippen LogP contribution in [0.3, 0.4) is 0 Å². The molecule has 1 rings (SSSR count). The lowest BCUT2D eigenvalue weighted by Gasteiger charge is -2.20. The van der Waals surface area contributed by atoms with Crippen molar-refractivity contribution in [2.75, 3.05) is 7.11 Å². The number of esters is 1. The van der Waals surface area contributed by atoms with Gasteiger partial charge in [-0.2, -0.15) is 4.72 Å². The predicted octanol–water partition coefficient (Wildman–Crippen LogP) is 2.23. The minimum Gasteiger partial charge on any atom is -0.468 e. The third-order valence-corrected chi connectivity index (χ3v) is 5.20. The van der Waals surface area contributed by atoms with Crippen molar-refractivity contribution in [2.24, 2.45) is 5.92 Å². The SMILES string of the molecule is COC(=O)[C@@H](NS(=O)(=O)c1ccc(C)cc1Br)C(C)C. The van der Waals surface area contributed by atoms with E-state index in [0.717, 1.165) is 5.56 Å². The Labute approximate surface area is 127 Å². The molecule has 0 spiro atoms. The topological polar surface area (TPSA) is 72.5 Å². The van der Waals surface area contributed by atoms with Gasteiger partial charge in [0, 0.05) is 4.47 Å². The average molecular weight is 364 g/mol. The van der Waals surface area contributed by atoms with Crippen LogP contribution in [0.2, 0.25) is 0 Å². The first kappa shape index (κ1) is 17.1. The van der Waals surface area contributed by atoms with Crippen LogP contribution in [-0.2, 0) is 19.6 Å². The molecule has 5 nitrogen and oxygen atoms in total. The second-order valence-electron chi connectivity index (χ2n) is 4.80. The van der Waals surface area contributed by atoms with Crippen LogP contribution in [0.4, 0.5) is 0 Å². The number of ether oxygens (including phenoxy) is 1. The molecule has 0 radical (unpaired) electrons. The van der Waals surface area contributed by atoms with Crippen molar-refractivity contribution in [1.29, 1.82) is 0 Å². The molecule has 0 heterocycles. The molecule has 7 heteroatoms. The fourth-order valence-corrected chi connectivity index (χ4v) is 4.16.